The van der Waals surface area contributed by atoms with Gasteiger partial charge in [-0.3, -0.25) is 0 Å². The van der Waals surface area contributed by atoms with Crippen molar-refractivity contribution in [1.82, 2.24) is 5.32 Å². The van der Waals surface area contributed by atoms with Crippen molar-refractivity contribution in [3.63, 3.8) is 0 Å². The molecule has 0 spiro atoms. The molecule has 3 unspecified atom stereocenters. The first-order valence-corrected chi connectivity index (χ1v) is 7.01. The molecule has 1 saturated carbocycles. The van der Waals surface area contributed by atoms with Gasteiger partial charge >= 0.3 is 0 Å². The molecule has 3 atom stereocenters. The third kappa shape index (κ3) is 3.33. The molecule has 2 N–H and O–H groups in total. The largest absolute Gasteiger partial charge is 0.390 e. The van der Waals surface area contributed by atoms with E-state index in [9.17, 15) is 5.11 Å². The van der Waals surface area contributed by atoms with Crippen molar-refractivity contribution in [3.8, 4) is 0 Å². The highest BCUT2D eigenvalue weighted by molar-refractivity contribution is 5.27. The molecule has 1 aromatic rings. The lowest BCUT2D eigenvalue weighted by Gasteiger charge is -2.24. The van der Waals surface area contributed by atoms with Crippen LogP contribution in [-0.2, 0) is 0 Å². The van der Waals surface area contributed by atoms with E-state index >= 15 is 0 Å². The monoisotopic (exact) mass is 247 g/mol. The van der Waals surface area contributed by atoms with Gasteiger partial charge in [-0.1, -0.05) is 44.2 Å². The number of benzene rings is 1. The maximum Gasteiger partial charge on any atom is 0.0665 e. The second kappa shape index (κ2) is 5.41. The maximum atomic E-state index is 10.6. The highest BCUT2D eigenvalue weighted by Crippen LogP contribution is 2.54. The summed E-state index contributed by atoms with van der Waals surface area (Å²) in [5, 5.41) is 13.9. The van der Waals surface area contributed by atoms with Crippen LogP contribution >= 0.6 is 0 Å². The molecule has 100 valence electrons. The Bertz CT molecular complexity index is 372. The Balaban J connectivity index is 1.86. The minimum absolute atomic E-state index is 0.425. The molecule has 2 nitrogen and oxygen atoms in total. The van der Waals surface area contributed by atoms with Crippen molar-refractivity contribution in [3.05, 3.63) is 35.9 Å². The molecule has 0 radical (unpaired) electrons. The Morgan fingerprint density at radius 3 is 2.61 bits per heavy atom. The van der Waals surface area contributed by atoms with Crippen molar-refractivity contribution in [2.75, 3.05) is 6.54 Å². The second-order valence-electron chi connectivity index (χ2n) is 6.08. The SMILES string of the molecule is CC(C)NCCC(C)(O)C1CC1c1ccccc1. The van der Waals surface area contributed by atoms with Crippen LogP contribution < -0.4 is 5.32 Å². The van der Waals surface area contributed by atoms with E-state index in [4.69, 9.17) is 0 Å². The Labute approximate surface area is 110 Å². The van der Waals surface area contributed by atoms with Gasteiger partial charge in [-0.05, 0) is 43.7 Å². The zero-order chi connectivity index (χ0) is 13.2. The minimum Gasteiger partial charge on any atom is -0.390 e. The van der Waals surface area contributed by atoms with Gasteiger partial charge in [-0.2, -0.15) is 0 Å². The molecule has 0 aromatic heterocycles. The van der Waals surface area contributed by atoms with Gasteiger partial charge in [-0.25, -0.2) is 0 Å². The number of rotatable bonds is 6. The summed E-state index contributed by atoms with van der Waals surface area (Å²) < 4.78 is 0. The normalized spacial score (nSPS) is 26.1. The molecule has 1 aliphatic rings. The van der Waals surface area contributed by atoms with Crippen molar-refractivity contribution < 1.29 is 5.11 Å². The molecule has 2 heteroatoms. The van der Waals surface area contributed by atoms with Crippen molar-refractivity contribution >= 4 is 0 Å². The molecule has 0 amide bonds. The van der Waals surface area contributed by atoms with E-state index in [0.29, 0.717) is 17.9 Å². The van der Waals surface area contributed by atoms with E-state index in [1.54, 1.807) is 0 Å². The lowest BCUT2D eigenvalue weighted by atomic mass is 9.93. The Morgan fingerprint density at radius 1 is 1.33 bits per heavy atom. The molecule has 18 heavy (non-hydrogen) atoms. The van der Waals surface area contributed by atoms with Crippen molar-refractivity contribution in [1.29, 1.82) is 0 Å². The van der Waals surface area contributed by atoms with E-state index < -0.39 is 5.60 Å². The molecule has 0 saturated heterocycles. The molecular weight excluding hydrogens is 222 g/mol. The van der Waals surface area contributed by atoms with Gasteiger partial charge in [0, 0.05) is 6.04 Å². The number of hydrogen-bond donors (Lipinski definition) is 2. The molecule has 1 fully saturated rings. The first kappa shape index (κ1) is 13.6. The van der Waals surface area contributed by atoms with Crippen LogP contribution in [0.5, 0.6) is 0 Å². The van der Waals surface area contributed by atoms with Crippen LogP contribution in [0.2, 0.25) is 0 Å². The standard InChI is InChI=1S/C16H25NO/c1-12(2)17-10-9-16(3,18)15-11-14(15)13-7-5-4-6-8-13/h4-8,12,14-15,17-18H,9-11H2,1-3H3. The highest BCUT2D eigenvalue weighted by Gasteiger charge is 2.49. The topological polar surface area (TPSA) is 32.3 Å². The summed E-state index contributed by atoms with van der Waals surface area (Å²) in [5.74, 6) is 0.981. The highest BCUT2D eigenvalue weighted by atomic mass is 16.3. The quantitative estimate of drug-likeness (QED) is 0.810. The van der Waals surface area contributed by atoms with Crippen molar-refractivity contribution in [2.24, 2.45) is 5.92 Å². The molecule has 0 heterocycles. The van der Waals surface area contributed by atoms with Gasteiger partial charge in [0.2, 0.25) is 0 Å². The lowest BCUT2D eigenvalue weighted by molar-refractivity contribution is 0.0260. The third-order valence-corrected chi connectivity index (χ3v) is 4.00. The van der Waals surface area contributed by atoms with E-state index in [-0.39, 0.29) is 0 Å². The molecule has 1 aliphatic carbocycles. The fraction of sp³-hybridized carbons (Fsp3) is 0.625. The van der Waals surface area contributed by atoms with E-state index in [2.05, 4.69) is 43.4 Å². The van der Waals surface area contributed by atoms with Gasteiger partial charge in [0.1, 0.15) is 0 Å². The summed E-state index contributed by atoms with van der Waals surface area (Å²) in [5.41, 5.74) is 0.835. The first-order chi connectivity index (χ1) is 8.50. The Morgan fingerprint density at radius 2 is 2.00 bits per heavy atom. The Kier molecular flexibility index (Phi) is 4.08. The van der Waals surface area contributed by atoms with Gasteiger partial charge in [0.25, 0.3) is 0 Å². The van der Waals surface area contributed by atoms with E-state index in [1.165, 1.54) is 5.56 Å². The predicted molar refractivity (Wildman–Crippen MR) is 75.7 cm³/mol. The average Bonchev–Trinajstić information content (AvgIpc) is 3.10. The smallest absolute Gasteiger partial charge is 0.0665 e. The summed E-state index contributed by atoms with van der Waals surface area (Å²) in [6, 6.07) is 11.1. The van der Waals surface area contributed by atoms with Crippen LogP contribution in [0.15, 0.2) is 30.3 Å². The second-order valence-corrected chi connectivity index (χ2v) is 6.08. The fourth-order valence-electron chi connectivity index (χ4n) is 2.75. The molecule has 2 rings (SSSR count). The third-order valence-electron chi connectivity index (χ3n) is 4.00. The van der Waals surface area contributed by atoms with E-state index in [1.807, 2.05) is 13.0 Å². The Hall–Kier alpha value is -0.860. The van der Waals surface area contributed by atoms with Crippen LogP contribution in [0.4, 0.5) is 0 Å². The summed E-state index contributed by atoms with van der Waals surface area (Å²) in [7, 11) is 0. The van der Waals surface area contributed by atoms with Crippen LogP contribution in [0.3, 0.4) is 0 Å². The molecule has 1 aromatic carbocycles. The van der Waals surface area contributed by atoms with Crippen LogP contribution in [0, 0.1) is 5.92 Å². The number of aliphatic hydroxyl groups is 1. The van der Waals surface area contributed by atoms with E-state index in [0.717, 1.165) is 19.4 Å². The van der Waals surface area contributed by atoms with Crippen LogP contribution in [0.1, 0.15) is 45.1 Å². The predicted octanol–water partition coefficient (Wildman–Crippen LogP) is 2.93. The minimum atomic E-state index is -0.539. The summed E-state index contributed by atoms with van der Waals surface area (Å²) >= 11 is 0. The molecule has 0 bridgehead atoms. The van der Waals surface area contributed by atoms with Gasteiger partial charge in [0.15, 0.2) is 0 Å². The zero-order valence-corrected chi connectivity index (χ0v) is 11.7. The van der Waals surface area contributed by atoms with Gasteiger partial charge in [0.05, 0.1) is 5.60 Å². The fourth-order valence-corrected chi connectivity index (χ4v) is 2.75. The van der Waals surface area contributed by atoms with Crippen LogP contribution in [-0.4, -0.2) is 23.3 Å². The summed E-state index contributed by atoms with van der Waals surface area (Å²) in [6.07, 6.45) is 1.96. The summed E-state index contributed by atoms with van der Waals surface area (Å²) in [6.45, 7) is 7.16. The number of nitrogens with one attached hydrogen (secondary N) is 1. The average molecular weight is 247 g/mol. The summed E-state index contributed by atoms with van der Waals surface area (Å²) in [4.78, 5) is 0. The zero-order valence-electron chi connectivity index (χ0n) is 11.7. The number of hydrogen-bond acceptors (Lipinski definition) is 2. The first-order valence-electron chi connectivity index (χ1n) is 7.01. The van der Waals surface area contributed by atoms with Crippen molar-refractivity contribution in [2.45, 2.75) is 51.2 Å². The lowest BCUT2D eigenvalue weighted by Crippen LogP contribution is -2.34. The van der Waals surface area contributed by atoms with Crippen LogP contribution in [0.25, 0.3) is 0 Å². The maximum absolute atomic E-state index is 10.6. The van der Waals surface area contributed by atoms with Gasteiger partial charge in [-0.15, -0.1) is 0 Å². The molecule has 0 aliphatic heterocycles. The van der Waals surface area contributed by atoms with Gasteiger partial charge < -0.3 is 10.4 Å². The molecular formula is C16H25NO.